The van der Waals surface area contributed by atoms with Crippen molar-refractivity contribution in [3.05, 3.63) is 0 Å². The van der Waals surface area contributed by atoms with Crippen LogP contribution in [0.2, 0.25) is 0 Å². The molecule has 1 saturated carbocycles. The topological polar surface area (TPSA) is 57.6 Å². The van der Waals surface area contributed by atoms with Crippen LogP contribution in [0.1, 0.15) is 12.8 Å². The molecule has 0 radical (unpaired) electrons. The smallest absolute Gasteiger partial charge is 0.311 e. The number of likely N-dealkylation sites (tertiary alicyclic amines) is 1. The number of rotatable bonds is 2. The standard InChI is InChI=1S/C10H11NO3/c1-2-3-8(12)11-5-7-4-10(7,6-11)9(13)14/h1,7H,3-6H2,(H,13,14). The lowest BCUT2D eigenvalue weighted by Gasteiger charge is -2.18. The van der Waals surface area contributed by atoms with Crippen molar-refractivity contribution in [2.24, 2.45) is 11.3 Å². The molecule has 1 heterocycles. The Balaban J connectivity index is 2.01. The molecule has 0 bridgehead atoms. The van der Waals surface area contributed by atoms with Gasteiger partial charge in [-0.3, -0.25) is 9.59 Å². The molecule has 0 spiro atoms. The van der Waals surface area contributed by atoms with Crippen molar-refractivity contribution in [2.45, 2.75) is 12.8 Å². The van der Waals surface area contributed by atoms with E-state index in [1.165, 1.54) is 0 Å². The van der Waals surface area contributed by atoms with Crippen LogP contribution >= 0.6 is 0 Å². The van der Waals surface area contributed by atoms with E-state index in [2.05, 4.69) is 5.92 Å². The molecule has 2 fully saturated rings. The van der Waals surface area contributed by atoms with E-state index < -0.39 is 11.4 Å². The lowest BCUT2D eigenvalue weighted by atomic mass is 10.1. The van der Waals surface area contributed by atoms with Crippen LogP contribution in [0.3, 0.4) is 0 Å². The van der Waals surface area contributed by atoms with Gasteiger partial charge in [0.05, 0.1) is 11.8 Å². The predicted molar refractivity (Wildman–Crippen MR) is 48.2 cm³/mol. The molecule has 1 N–H and O–H groups in total. The molecule has 14 heavy (non-hydrogen) atoms. The highest BCUT2D eigenvalue weighted by Gasteiger charge is 2.66. The quantitative estimate of drug-likeness (QED) is 0.625. The van der Waals surface area contributed by atoms with Crippen molar-refractivity contribution in [1.29, 1.82) is 0 Å². The van der Waals surface area contributed by atoms with Crippen LogP contribution in [0.4, 0.5) is 0 Å². The fraction of sp³-hybridized carbons (Fsp3) is 0.600. The Bertz CT molecular complexity index is 344. The van der Waals surface area contributed by atoms with Crippen LogP contribution < -0.4 is 0 Å². The van der Waals surface area contributed by atoms with E-state index in [1.807, 2.05) is 0 Å². The molecule has 0 aromatic carbocycles. The fourth-order valence-electron chi connectivity index (χ4n) is 2.20. The number of carboxylic acid groups (broad SMARTS) is 1. The zero-order valence-electron chi connectivity index (χ0n) is 7.69. The largest absolute Gasteiger partial charge is 0.481 e. The Morgan fingerprint density at radius 2 is 2.36 bits per heavy atom. The predicted octanol–water partition coefficient (Wildman–Crippen LogP) is -0.0572. The number of aliphatic carboxylic acids is 1. The maximum absolute atomic E-state index is 11.4. The Hall–Kier alpha value is -1.50. The van der Waals surface area contributed by atoms with Crippen LogP contribution in [0, 0.1) is 23.7 Å². The normalized spacial score (nSPS) is 33.4. The molecule has 74 valence electrons. The summed E-state index contributed by atoms with van der Waals surface area (Å²) < 4.78 is 0. The number of carbonyl (C=O) groups is 2. The lowest BCUT2D eigenvalue weighted by Crippen LogP contribution is -2.33. The van der Waals surface area contributed by atoms with Crippen molar-refractivity contribution in [1.82, 2.24) is 4.90 Å². The summed E-state index contributed by atoms with van der Waals surface area (Å²) in [7, 11) is 0. The first-order valence-corrected chi connectivity index (χ1v) is 4.55. The number of fused-ring (bicyclic) bond motifs is 1. The molecule has 4 heteroatoms. The molecule has 1 aliphatic carbocycles. The number of carbonyl (C=O) groups excluding carboxylic acids is 1. The molecular weight excluding hydrogens is 182 g/mol. The van der Waals surface area contributed by atoms with Gasteiger partial charge in [-0.2, -0.15) is 0 Å². The van der Waals surface area contributed by atoms with Crippen LogP contribution in [0.15, 0.2) is 0 Å². The van der Waals surface area contributed by atoms with Crippen molar-refractivity contribution in [3.63, 3.8) is 0 Å². The third kappa shape index (κ3) is 1.09. The SMILES string of the molecule is C#CCC(=O)N1CC2CC2(C(=O)O)C1. The zero-order chi connectivity index (χ0) is 10.3. The minimum atomic E-state index is -0.779. The van der Waals surface area contributed by atoms with Crippen LogP contribution in [0.25, 0.3) is 0 Å². The fourth-order valence-corrected chi connectivity index (χ4v) is 2.20. The van der Waals surface area contributed by atoms with Gasteiger partial charge in [0.15, 0.2) is 0 Å². The van der Waals surface area contributed by atoms with Gasteiger partial charge in [0.25, 0.3) is 0 Å². The Morgan fingerprint density at radius 1 is 1.64 bits per heavy atom. The second-order valence-electron chi connectivity index (χ2n) is 4.02. The van der Waals surface area contributed by atoms with E-state index in [1.54, 1.807) is 4.90 Å². The summed E-state index contributed by atoms with van der Waals surface area (Å²) in [6, 6.07) is 0. The van der Waals surface area contributed by atoms with Crippen molar-refractivity contribution in [3.8, 4) is 12.3 Å². The molecule has 2 rings (SSSR count). The molecule has 1 saturated heterocycles. The highest BCUT2D eigenvalue weighted by Crippen LogP contribution is 2.57. The van der Waals surface area contributed by atoms with E-state index in [0.29, 0.717) is 19.5 Å². The Morgan fingerprint density at radius 3 is 2.86 bits per heavy atom. The third-order valence-corrected chi connectivity index (χ3v) is 3.18. The number of hydrogen-bond donors (Lipinski definition) is 1. The van der Waals surface area contributed by atoms with Crippen LogP contribution in [0.5, 0.6) is 0 Å². The molecule has 0 aromatic rings. The number of nitrogens with zero attached hydrogens (tertiary/aromatic N) is 1. The molecule has 2 unspecified atom stereocenters. The van der Waals surface area contributed by atoms with E-state index in [9.17, 15) is 9.59 Å². The molecule has 0 aromatic heterocycles. The molecule has 1 aliphatic heterocycles. The second-order valence-corrected chi connectivity index (χ2v) is 4.02. The first-order chi connectivity index (χ1) is 6.60. The Labute approximate surface area is 81.9 Å². The maximum atomic E-state index is 11.4. The number of carboxylic acids is 1. The van der Waals surface area contributed by atoms with Gasteiger partial charge in [0.2, 0.25) is 5.91 Å². The van der Waals surface area contributed by atoms with Gasteiger partial charge in [-0.25, -0.2) is 0 Å². The van der Waals surface area contributed by atoms with E-state index in [-0.39, 0.29) is 18.2 Å². The number of terminal acetylenes is 1. The average Bonchev–Trinajstić information content (AvgIpc) is 2.70. The molecule has 2 atom stereocenters. The first-order valence-electron chi connectivity index (χ1n) is 4.55. The lowest BCUT2D eigenvalue weighted by molar-refractivity contribution is -0.143. The monoisotopic (exact) mass is 193 g/mol. The van der Waals surface area contributed by atoms with Crippen molar-refractivity contribution < 1.29 is 14.7 Å². The summed E-state index contributed by atoms with van der Waals surface area (Å²) in [6.07, 6.45) is 5.80. The first kappa shape index (κ1) is 9.07. The minimum Gasteiger partial charge on any atom is -0.481 e. The maximum Gasteiger partial charge on any atom is 0.311 e. The van der Waals surface area contributed by atoms with Gasteiger partial charge in [-0.1, -0.05) is 5.92 Å². The molecular formula is C10H11NO3. The second kappa shape index (κ2) is 2.74. The van der Waals surface area contributed by atoms with Gasteiger partial charge in [-0.05, 0) is 12.3 Å². The average molecular weight is 193 g/mol. The zero-order valence-corrected chi connectivity index (χ0v) is 7.69. The van der Waals surface area contributed by atoms with Gasteiger partial charge in [0.1, 0.15) is 0 Å². The van der Waals surface area contributed by atoms with Crippen molar-refractivity contribution in [2.75, 3.05) is 13.1 Å². The summed E-state index contributed by atoms with van der Waals surface area (Å²) in [6.45, 7) is 0.903. The summed E-state index contributed by atoms with van der Waals surface area (Å²) in [5.41, 5.74) is -0.635. The van der Waals surface area contributed by atoms with Crippen LogP contribution in [-0.2, 0) is 9.59 Å². The summed E-state index contributed by atoms with van der Waals surface area (Å²) in [5.74, 6) is 1.53. The van der Waals surface area contributed by atoms with Gasteiger partial charge in [0, 0.05) is 13.1 Å². The number of hydrogen-bond acceptors (Lipinski definition) is 2. The summed E-state index contributed by atoms with van der Waals surface area (Å²) in [5, 5.41) is 8.97. The van der Waals surface area contributed by atoms with E-state index in [4.69, 9.17) is 11.5 Å². The highest BCUT2D eigenvalue weighted by atomic mass is 16.4. The molecule has 2 aliphatic rings. The molecule has 4 nitrogen and oxygen atoms in total. The van der Waals surface area contributed by atoms with Gasteiger partial charge >= 0.3 is 5.97 Å². The third-order valence-electron chi connectivity index (χ3n) is 3.18. The van der Waals surface area contributed by atoms with Gasteiger partial charge in [-0.15, -0.1) is 6.42 Å². The van der Waals surface area contributed by atoms with Gasteiger partial charge < -0.3 is 10.0 Å². The number of amides is 1. The highest BCUT2D eigenvalue weighted by molar-refractivity contribution is 5.84. The minimum absolute atomic E-state index is 0.0718. The summed E-state index contributed by atoms with van der Waals surface area (Å²) >= 11 is 0. The van der Waals surface area contributed by atoms with E-state index in [0.717, 1.165) is 0 Å². The Kier molecular flexibility index (Phi) is 1.78. The van der Waals surface area contributed by atoms with Crippen molar-refractivity contribution >= 4 is 11.9 Å². The summed E-state index contributed by atoms with van der Waals surface area (Å²) in [4.78, 5) is 23.9. The van der Waals surface area contributed by atoms with E-state index >= 15 is 0 Å². The number of piperidine rings is 1. The van der Waals surface area contributed by atoms with Crippen LogP contribution in [-0.4, -0.2) is 35.0 Å². The molecule has 1 amide bonds.